The zero-order valence-corrected chi connectivity index (χ0v) is 19.7. The molecule has 6 heteroatoms. The van der Waals surface area contributed by atoms with E-state index < -0.39 is 17.8 Å². The van der Waals surface area contributed by atoms with E-state index in [-0.39, 0.29) is 19.1 Å². The third kappa shape index (κ3) is 6.91. The number of hydrogen-bond acceptors (Lipinski definition) is 3. The van der Waals surface area contributed by atoms with Gasteiger partial charge in [-0.25, -0.2) is 4.39 Å². The van der Waals surface area contributed by atoms with E-state index in [4.69, 9.17) is 4.74 Å². The quantitative estimate of drug-likeness (QED) is 0.455. The molecule has 0 aliphatic rings. The Balaban J connectivity index is 1.87. The van der Waals surface area contributed by atoms with Crippen LogP contribution in [0.15, 0.2) is 78.9 Å². The van der Waals surface area contributed by atoms with Gasteiger partial charge in [-0.2, -0.15) is 0 Å². The highest BCUT2D eigenvalue weighted by Crippen LogP contribution is 2.18. The van der Waals surface area contributed by atoms with Gasteiger partial charge in [0.1, 0.15) is 17.6 Å². The molecule has 0 aromatic heterocycles. The number of likely N-dealkylation sites (N-methyl/N-ethyl adjacent to an activating group) is 1. The standard InChI is InChI=1S/C28H31FN2O3/c1-3-21-14-16-24(17-15-21)34-20-27(32)31(19-23-12-8-9-13-25(23)29)26(28(33)30-4-2)18-22-10-6-5-7-11-22/h5-17,26H,3-4,18-20H2,1-2H3,(H,30,33)/t26-/m0/s1. The second kappa shape index (κ2) is 12.5. The molecule has 3 rings (SSSR count). The van der Waals surface area contributed by atoms with Crippen molar-refractivity contribution in [3.63, 3.8) is 0 Å². The molecule has 0 radical (unpaired) electrons. The lowest BCUT2D eigenvalue weighted by atomic mass is 10.0. The maximum absolute atomic E-state index is 14.5. The number of amides is 2. The predicted octanol–water partition coefficient (Wildman–Crippen LogP) is 4.54. The number of hydrogen-bond donors (Lipinski definition) is 1. The Bertz CT molecular complexity index is 1070. The van der Waals surface area contributed by atoms with Crippen molar-refractivity contribution in [3.8, 4) is 5.75 Å². The van der Waals surface area contributed by atoms with Gasteiger partial charge in [-0.15, -0.1) is 0 Å². The fraction of sp³-hybridized carbons (Fsp3) is 0.286. The van der Waals surface area contributed by atoms with Gasteiger partial charge in [0, 0.05) is 25.1 Å². The first-order chi connectivity index (χ1) is 16.5. The van der Waals surface area contributed by atoms with Gasteiger partial charge in [-0.05, 0) is 42.7 Å². The van der Waals surface area contributed by atoms with Gasteiger partial charge in [0.15, 0.2) is 6.61 Å². The minimum atomic E-state index is -0.819. The Morgan fingerprint density at radius 2 is 1.59 bits per heavy atom. The lowest BCUT2D eigenvalue weighted by molar-refractivity contribution is -0.142. The van der Waals surface area contributed by atoms with Crippen LogP contribution in [0.25, 0.3) is 0 Å². The summed E-state index contributed by atoms with van der Waals surface area (Å²) >= 11 is 0. The largest absolute Gasteiger partial charge is 0.484 e. The summed E-state index contributed by atoms with van der Waals surface area (Å²) in [6, 6.07) is 22.5. The fourth-order valence-corrected chi connectivity index (χ4v) is 3.71. The van der Waals surface area contributed by atoms with Gasteiger partial charge in [-0.3, -0.25) is 9.59 Å². The van der Waals surface area contributed by atoms with Crippen molar-refractivity contribution >= 4 is 11.8 Å². The average Bonchev–Trinajstić information content (AvgIpc) is 2.86. The van der Waals surface area contributed by atoms with Crippen LogP contribution in [0.2, 0.25) is 0 Å². The molecule has 0 aliphatic carbocycles. The van der Waals surface area contributed by atoms with Gasteiger partial charge < -0.3 is 15.0 Å². The lowest BCUT2D eigenvalue weighted by Crippen LogP contribution is -2.51. The summed E-state index contributed by atoms with van der Waals surface area (Å²) in [6.45, 7) is 4.01. The first-order valence-corrected chi connectivity index (χ1v) is 11.6. The van der Waals surface area contributed by atoms with Crippen LogP contribution in [-0.4, -0.2) is 35.9 Å². The topological polar surface area (TPSA) is 58.6 Å². The SMILES string of the molecule is CCNC(=O)[C@H](Cc1ccccc1)N(Cc1ccccc1F)C(=O)COc1ccc(CC)cc1. The molecule has 0 aliphatic heterocycles. The monoisotopic (exact) mass is 462 g/mol. The molecule has 0 fully saturated rings. The first-order valence-electron chi connectivity index (χ1n) is 11.6. The number of aryl methyl sites for hydroxylation is 1. The van der Waals surface area contributed by atoms with Crippen LogP contribution in [0, 0.1) is 5.82 Å². The van der Waals surface area contributed by atoms with Gasteiger partial charge in [0.25, 0.3) is 5.91 Å². The van der Waals surface area contributed by atoms with Crippen molar-refractivity contribution in [1.29, 1.82) is 0 Å². The predicted molar refractivity (Wildman–Crippen MR) is 131 cm³/mol. The smallest absolute Gasteiger partial charge is 0.261 e. The highest BCUT2D eigenvalue weighted by molar-refractivity contribution is 5.88. The summed E-state index contributed by atoms with van der Waals surface area (Å²) in [5.41, 5.74) is 2.41. The van der Waals surface area contributed by atoms with Crippen LogP contribution < -0.4 is 10.1 Å². The molecule has 5 nitrogen and oxygen atoms in total. The molecular formula is C28H31FN2O3. The van der Waals surface area contributed by atoms with Crippen LogP contribution >= 0.6 is 0 Å². The second-order valence-corrected chi connectivity index (χ2v) is 8.00. The number of ether oxygens (including phenoxy) is 1. The summed E-state index contributed by atoms with van der Waals surface area (Å²) in [7, 11) is 0. The summed E-state index contributed by atoms with van der Waals surface area (Å²) in [5.74, 6) is -0.543. The Morgan fingerprint density at radius 3 is 2.24 bits per heavy atom. The molecule has 0 unspecified atom stereocenters. The van der Waals surface area contributed by atoms with Crippen molar-refractivity contribution in [2.24, 2.45) is 0 Å². The highest BCUT2D eigenvalue weighted by atomic mass is 19.1. The number of carbonyl (C=O) groups excluding carboxylic acids is 2. The van der Waals surface area contributed by atoms with Gasteiger partial charge in [0.05, 0.1) is 0 Å². The molecule has 0 heterocycles. The summed E-state index contributed by atoms with van der Waals surface area (Å²) in [6.07, 6.45) is 1.21. The van der Waals surface area contributed by atoms with Gasteiger partial charge in [0.2, 0.25) is 5.91 Å². The molecule has 3 aromatic carbocycles. The van der Waals surface area contributed by atoms with Crippen LogP contribution in [0.1, 0.15) is 30.5 Å². The van der Waals surface area contributed by atoms with E-state index in [2.05, 4.69) is 12.2 Å². The average molecular weight is 463 g/mol. The molecule has 34 heavy (non-hydrogen) atoms. The fourth-order valence-electron chi connectivity index (χ4n) is 3.71. The minimum absolute atomic E-state index is 0.0434. The van der Waals surface area contributed by atoms with E-state index in [1.807, 2.05) is 61.5 Å². The van der Waals surface area contributed by atoms with Crippen LogP contribution in [0.4, 0.5) is 4.39 Å². The number of benzene rings is 3. The maximum Gasteiger partial charge on any atom is 0.261 e. The summed E-state index contributed by atoms with van der Waals surface area (Å²) in [4.78, 5) is 27.9. The third-order valence-electron chi connectivity index (χ3n) is 5.61. The molecule has 0 spiro atoms. The van der Waals surface area contributed by atoms with Crippen molar-refractivity contribution in [2.45, 2.75) is 39.3 Å². The second-order valence-electron chi connectivity index (χ2n) is 8.00. The first kappa shape index (κ1) is 25.0. The van der Waals surface area contributed by atoms with Crippen molar-refractivity contribution in [3.05, 3.63) is 101 Å². The van der Waals surface area contributed by atoms with E-state index >= 15 is 0 Å². The zero-order valence-electron chi connectivity index (χ0n) is 19.7. The number of halogens is 1. The molecular weight excluding hydrogens is 431 g/mol. The van der Waals surface area contributed by atoms with Gasteiger partial charge in [-0.1, -0.05) is 67.6 Å². The van der Waals surface area contributed by atoms with E-state index in [1.54, 1.807) is 18.2 Å². The molecule has 1 N–H and O–H groups in total. The zero-order chi connectivity index (χ0) is 24.3. The lowest BCUT2D eigenvalue weighted by Gasteiger charge is -2.31. The number of nitrogens with one attached hydrogen (secondary N) is 1. The van der Waals surface area contributed by atoms with Gasteiger partial charge >= 0.3 is 0 Å². The van der Waals surface area contributed by atoms with Crippen molar-refractivity contribution < 1.29 is 18.7 Å². The summed E-state index contributed by atoms with van der Waals surface area (Å²) < 4.78 is 20.2. The van der Waals surface area contributed by atoms with Crippen LogP contribution in [0.3, 0.4) is 0 Å². The molecule has 2 amide bonds. The number of nitrogens with zero attached hydrogens (tertiary/aromatic N) is 1. The normalized spacial score (nSPS) is 11.5. The highest BCUT2D eigenvalue weighted by Gasteiger charge is 2.31. The van der Waals surface area contributed by atoms with Crippen LogP contribution in [-0.2, 0) is 29.0 Å². The molecule has 0 saturated heterocycles. The summed E-state index contributed by atoms with van der Waals surface area (Å²) in [5, 5.41) is 2.82. The third-order valence-corrected chi connectivity index (χ3v) is 5.61. The molecule has 0 saturated carbocycles. The van der Waals surface area contributed by atoms with Crippen molar-refractivity contribution in [1.82, 2.24) is 10.2 Å². The van der Waals surface area contributed by atoms with E-state index in [1.165, 1.54) is 16.5 Å². The Labute approximate surface area is 200 Å². The molecule has 3 aromatic rings. The Kier molecular flexibility index (Phi) is 9.21. The van der Waals surface area contributed by atoms with Crippen molar-refractivity contribution in [2.75, 3.05) is 13.2 Å². The van der Waals surface area contributed by atoms with E-state index in [0.717, 1.165) is 12.0 Å². The Hall–Kier alpha value is -3.67. The van der Waals surface area contributed by atoms with Crippen LogP contribution in [0.5, 0.6) is 5.75 Å². The number of rotatable bonds is 11. The van der Waals surface area contributed by atoms with E-state index in [0.29, 0.717) is 24.3 Å². The molecule has 178 valence electrons. The minimum Gasteiger partial charge on any atom is -0.484 e. The molecule has 0 bridgehead atoms. The Morgan fingerprint density at radius 1 is 0.912 bits per heavy atom. The number of carbonyl (C=O) groups is 2. The van der Waals surface area contributed by atoms with E-state index in [9.17, 15) is 14.0 Å². The molecule has 1 atom stereocenters. The maximum atomic E-state index is 14.5.